The second kappa shape index (κ2) is 9.43. The van der Waals surface area contributed by atoms with E-state index in [4.69, 9.17) is 9.47 Å². The van der Waals surface area contributed by atoms with Crippen LogP contribution in [0.3, 0.4) is 0 Å². The number of hydrazine groups is 1. The van der Waals surface area contributed by atoms with Crippen molar-refractivity contribution in [1.82, 2.24) is 10.9 Å². The van der Waals surface area contributed by atoms with Crippen molar-refractivity contribution >= 4 is 38.5 Å². The van der Waals surface area contributed by atoms with E-state index >= 15 is 0 Å². The van der Waals surface area contributed by atoms with Crippen molar-refractivity contribution in [3.8, 4) is 11.5 Å². The number of hydrogen-bond donors (Lipinski definition) is 2. The molecule has 0 radical (unpaired) electrons. The first kappa shape index (κ1) is 20.7. The molecule has 0 aromatic heterocycles. The SMILES string of the molecule is CC(C)Oc1ccccc1C(=O)NNC(=O)COc1ccc2ccccc2c1Br. The van der Waals surface area contributed by atoms with E-state index in [1.54, 1.807) is 30.3 Å². The Kier molecular flexibility index (Phi) is 6.72. The number of nitrogens with one attached hydrogen (secondary N) is 2. The molecule has 0 aliphatic carbocycles. The molecular weight excluding hydrogens is 436 g/mol. The van der Waals surface area contributed by atoms with Crippen molar-refractivity contribution in [3.63, 3.8) is 0 Å². The van der Waals surface area contributed by atoms with E-state index < -0.39 is 11.8 Å². The molecular formula is C22H21BrN2O4. The van der Waals surface area contributed by atoms with E-state index in [1.807, 2.05) is 44.2 Å². The molecule has 0 saturated carbocycles. The summed E-state index contributed by atoms with van der Waals surface area (Å²) in [4.78, 5) is 24.5. The topological polar surface area (TPSA) is 76.7 Å². The summed E-state index contributed by atoms with van der Waals surface area (Å²) < 4.78 is 12.0. The number of fused-ring (bicyclic) bond motifs is 1. The van der Waals surface area contributed by atoms with Crippen molar-refractivity contribution < 1.29 is 19.1 Å². The maximum Gasteiger partial charge on any atom is 0.276 e. The molecule has 0 saturated heterocycles. The van der Waals surface area contributed by atoms with Gasteiger partial charge in [-0.1, -0.05) is 42.5 Å². The summed E-state index contributed by atoms with van der Waals surface area (Å²) >= 11 is 3.51. The average molecular weight is 457 g/mol. The molecule has 7 heteroatoms. The quantitative estimate of drug-likeness (QED) is 0.544. The lowest BCUT2D eigenvalue weighted by Crippen LogP contribution is -2.44. The van der Waals surface area contributed by atoms with Crippen LogP contribution in [0.15, 0.2) is 65.1 Å². The van der Waals surface area contributed by atoms with Gasteiger partial charge in [0.25, 0.3) is 11.8 Å². The number of amides is 2. The van der Waals surface area contributed by atoms with Crippen molar-refractivity contribution in [2.75, 3.05) is 6.61 Å². The number of ether oxygens (including phenoxy) is 2. The maximum absolute atomic E-state index is 12.4. The number of para-hydroxylation sites is 1. The van der Waals surface area contributed by atoms with Crippen LogP contribution >= 0.6 is 15.9 Å². The van der Waals surface area contributed by atoms with Gasteiger partial charge in [-0.3, -0.25) is 20.4 Å². The molecule has 3 rings (SSSR count). The third-order valence-electron chi connectivity index (χ3n) is 4.00. The zero-order chi connectivity index (χ0) is 20.8. The molecule has 2 N–H and O–H groups in total. The molecule has 3 aromatic carbocycles. The normalized spacial score (nSPS) is 10.6. The highest BCUT2D eigenvalue weighted by atomic mass is 79.9. The second-order valence-corrected chi connectivity index (χ2v) is 7.35. The fourth-order valence-electron chi connectivity index (χ4n) is 2.71. The standard InChI is InChI=1S/C22H21BrN2O4/c1-14(2)29-18-10-6-5-9-17(18)22(27)25-24-20(26)13-28-19-12-11-15-7-3-4-8-16(15)21(19)23/h3-12,14H,13H2,1-2H3,(H,24,26)(H,25,27). The van der Waals surface area contributed by atoms with Gasteiger partial charge < -0.3 is 9.47 Å². The fraction of sp³-hybridized carbons (Fsp3) is 0.182. The van der Waals surface area contributed by atoms with Gasteiger partial charge in [0.2, 0.25) is 0 Å². The number of hydrogen-bond acceptors (Lipinski definition) is 4. The Hall–Kier alpha value is -3.06. The van der Waals surface area contributed by atoms with Gasteiger partial charge in [-0.2, -0.15) is 0 Å². The molecule has 3 aromatic rings. The van der Waals surface area contributed by atoms with Crippen molar-refractivity contribution in [2.24, 2.45) is 0 Å². The highest BCUT2D eigenvalue weighted by Gasteiger charge is 2.14. The molecule has 2 amide bonds. The minimum Gasteiger partial charge on any atom is -0.490 e. The number of carbonyl (C=O) groups excluding carboxylic acids is 2. The zero-order valence-electron chi connectivity index (χ0n) is 16.1. The molecule has 150 valence electrons. The Labute approximate surface area is 177 Å². The lowest BCUT2D eigenvalue weighted by molar-refractivity contribution is -0.123. The highest BCUT2D eigenvalue weighted by Crippen LogP contribution is 2.32. The first-order valence-electron chi connectivity index (χ1n) is 9.10. The van der Waals surface area contributed by atoms with Crippen LogP contribution in [0.1, 0.15) is 24.2 Å². The van der Waals surface area contributed by atoms with Crippen LogP contribution in [0.25, 0.3) is 10.8 Å². The van der Waals surface area contributed by atoms with Crippen LogP contribution in [0, 0.1) is 0 Å². The van der Waals surface area contributed by atoms with Gasteiger partial charge in [-0.25, -0.2) is 0 Å². The molecule has 0 fully saturated rings. The Bertz CT molecular complexity index is 1040. The Balaban J connectivity index is 1.57. The monoisotopic (exact) mass is 456 g/mol. The zero-order valence-corrected chi connectivity index (χ0v) is 17.7. The number of benzene rings is 3. The van der Waals surface area contributed by atoms with E-state index in [9.17, 15) is 9.59 Å². The van der Waals surface area contributed by atoms with E-state index in [0.29, 0.717) is 17.1 Å². The predicted molar refractivity (Wildman–Crippen MR) is 115 cm³/mol. The molecule has 0 heterocycles. The lowest BCUT2D eigenvalue weighted by atomic mass is 10.1. The van der Waals surface area contributed by atoms with Gasteiger partial charge >= 0.3 is 0 Å². The number of halogens is 1. The summed E-state index contributed by atoms with van der Waals surface area (Å²) in [5.41, 5.74) is 5.07. The summed E-state index contributed by atoms with van der Waals surface area (Å²) in [6.07, 6.45) is -0.0765. The smallest absolute Gasteiger partial charge is 0.276 e. The Morgan fingerprint density at radius 3 is 2.45 bits per heavy atom. The molecule has 29 heavy (non-hydrogen) atoms. The summed E-state index contributed by atoms with van der Waals surface area (Å²) in [7, 11) is 0. The van der Waals surface area contributed by atoms with Crippen LogP contribution in [0.2, 0.25) is 0 Å². The fourth-order valence-corrected chi connectivity index (χ4v) is 3.32. The van der Waals surface area contributed by atoms with Crippen molar-refractivity contribution in [1.29, 1.82) is 0 Å². The van der Waals surface area contributed by atoms with Gasteiger partial charge in [-0.05, 0) is 58.7 Å². The number of rotatable bonds is 6. The van der Waals surface area contributed by atoms with Crippen LogP contribution in [0.5, 0.6) is 11.5 Å². The molecule has 0 aliphatic heterocycles. The van der Waals surface area contributed by atoms with Crippen LogP contribution in [-0.2, 0) is 4.79 Å². The molecule has 0 bridgehead atoms. The minimum absolute atomic E-state index is 0.0765. The van der Waals surface area contributed by atoms with Gasteiger partial charge in [0.1, 0.15) is 11.5 Å². The highest BCUT2D eigenvalue weighted by molar-refractivity contribution is 9.10. The second-order valence-electron chi connectivity index (χ2n) is 6.55. The maximum atomic E-state index is 12.4. The van der Waals surface area contributed by atoms with Gasteiger partial charge in [0, 0.05) is 0 Å². The number of carbonyl (C=O) groups is 2. The molecule has 0 spiro atoms. The van der Waals surface area contributed by atoms with Gasteiger partial charge in [0.05, 0.1) is 16.1 Å². The summed E-state index contributed by atoms with van der Waals surface area (Å²) in [5, 5.41) is 2.05. The van der Waals surface area contributed by atoms with Gasteiger partial charge in [-0.15, -0.1) is 0 Å². The van der Waals surface area contributed by atoms with Crippen molar-refractivity contribution in [2.45, 2.75) is 20.0 Å². The third-order valence-corrected chi connectivity index (χ3v) is 4.81. The minimum atomic E-state index is -0.485. The largest absolute Gasteiger partial charge is 0.490 e. The Morgan fingerprint density at radius 1 is 0.931 bits per heavy atom. The van der Waals surface area contributed by atoms with E-state index in [-0.39, 0.29) is 12.7 Å². The average Bonchev–Trinajstić information content (AvgIpc) is 2.71. The molecule has 0 aliphatic rings. The summed E-state index contributed by atoms with van der Waals surface area (Å²) in [5.74, 6) is 0.0357. The summed E-state index contributed by atoms with van der Waals surface area (Å²) in [6, 6.07) is 18.4. The summed E-state index contributed by atoms with van der Waals surface area (Å²) in [6.45, 7) is 3.50. The van der Waals surface area contributed by atoms with E-state index in [0.717, 1.165) is 15.2 Å². The van der Waals surface area contributed by atoms with E-state index in [2.05, 4.69) is 26.8 Å². The third kappa shape index (κ3) is 5.26. The van der Waals surface area contributed by atoms with Gasteiger partial charge in [0.15, 0.2) is 6.61 Å². The van der Waals surface area contributed by atoms with Crippen LogP contribution in [0.4, 0.5) is 0 Å². The molecule has 0 unspecified atom stereocenters. The van der Waals surface area contributed by atoms with E-state index in [1.165, 1.54) is 0 Å². The Morgan fingerprint density at radius 2 is 1.66 bits per heavy atom. The lowest BCUT2D eigenvalue weighted by Gasteiger charge is -2.14. The molecule has 6 nitrogen and oxygen atoms in total. The molecule has 0 atom stereocenters. The van der Waals surface area contributed by atoms with Crippen LogP contribution < -0.4 is 20.3 Å². The predicted octanol–water partition coefficient (Wildman–Crippen LogP) is 4.23. The van der Waals surface area contributed by atoms with Crippen LogP contribution in [-0.4, -0.2) is 24.5 Å². The van der Waals surface area contributed by atoms with Crippen molar-refractivity contribution in [3.05, 3.63) is 70.7 Å². The first-order valence-corrected chi connectivity index (χ1v) is 9.90. The first-order chi connectivity index (χ1) is 14.0.